The Morgan fingerprint density at radius 1 is 1.25 bits per heavy atom. The molecule has 2 heterocycles. The highest BCUT2D eigenvalue weighted by atomic mass is 19.4. The molecule has 5 nitrogen and oxygen atoms in total. The predicted molar refractivity (Wildman–Crippen MR) is 64.0 cm³/mol. The molecule has 2 rings (SSSR count). The van der Waals surface area contributed by atoms with Gasteiger partial charge in [0.2, 0.25) is 5.91 Å². The Labute approximate surface area is 115 Å². The van der Waals surface area contributed by atoms with Crippen LogP contribution in [-0.2, 0) is 14.3 Å². The molecule has 0 saturated carbocycles. The third-order valence-corrected chi connectivity index (χ3v) is 3.63. The van der Waals surface area contributed by atoms with Gasteiger partial charge in [0.25, 0.3) is 0 Å². The third kappa shape index (κ3) is 4.07. The number of carbonyl (C=O) groups is 1. The first kappa shape index (κ1) is 15.5. The van der Waals surface area contributed by atoms with Crippen molar-refractivity contribution in [1.29, 1.82) is 0 Å². The minimum absolute atomic E-state index is 0.00264. The number of likely N-dealkylation sites (N-methyl/N-ethyl adjacent to an activating group) is 1. The van der Waals surface area contributed by atoms with Crippen molar-refractivity contribution in [2.75, 3.05) is 46.4 Å². The van der Waals surface area contributed by atoms with Crippen molar-refractivity contribution in [3.8, 4) is 0 Å². The van der Waals surface area contributed by atoms with Gasteiger partial charge in [-0.25, -0.2) is 0 Å². The Morgan fingerprint density at radius 2 is 1.80 bits per heavy atom. The van der Waals surface area contributed by atoms with E-state index in [1.54, 1.807) is 0 Å². The molecule has 2 saturated heterocycles. The van der Waals surface area contributed by atoms with Crippen LogP contribution in [0.5, 0.6) is 0 Å². The quantitative estimate of drug-likeness (QED) is 0.774. The van der Waals surface area contributed by atoms with E-state index in [-0.39, 0.29) is 6.54 Å². The molecule has 116 valence electrons. The van der Waals surface area contributed by atoms with Crippen LogP contribution in [0.15, 0.2) is 0 Å². The molecule has 1 spiro atoms. The average Bonchev–Trinajstić information content (AvgIpc) is 2.79. The van der Waals surface area contributed by atoms with Crippen LogP contribution in [0, 0.1) is 0 Å². The maximum Gasteiger partial charge on any atom is 0.406 e. The summed E-state index contributed by atoms with van der Waals surface area (Å²) in [6, 6.07) is 0. The molecule has 2 fully saturated rings. The lowest BCUT2D eigenvalue weighted by Crippen LogP contribution is -2.49. The molecular weight excluding hydrogens is 277 g/mol. The van der Waals surface area contributed by atoms with Gasteiger partial charge in [0.15, 0.2) is 5.79 Å². The van der Waals surface area contributed by atoms with E-state index < -0.39 is 24.4 Å². The topological polar surface area (TPSA) is 42.0 Å². The minimum Gasteiger partial charge on any atom is -0.347 e. The van der Waals surface area contributed by atoms with Gasteiger partial charge in [-0.2, -0.15) is 13.2 Å². The Bertz CT molecular complexity index is 346. The number of amides is 1. The van der Waals surface area contributed by atoms with E-state index in [2.05, 4.69) is 0 Å². The molecule has 0 aromatic rings. The number of alkyl halides is 3. The number of piperidine rings is 1. The predicted octanol–water partition coefficient (Wildman–Crippen LogP) is 0.846. The van der Waals surface area contributed by atoms with Gasteiger partial charge in [-0.15, -0.1) is 0 Å². The SMILES string of the molecule is CN(CC(F)(F)F)C(=O)CN1CCC2(CC1)OCCO2. The van der Waals surface area contributed by atoms with Gasteiger partial charge in [0, 0.05) is 33.0 Å². The normalized spacial score (nSPS) is 23.2. The first-order chi connectivity index (χ1) is 9.30. The van der Waals surface area contributed by atoms with E-state index in [4.69, 9.17) is 9.47 Å². The fraction of sp³-hybridized carbons (Fsp3) is 0.917. The second-order valence-corrected chi connectivity index (χ2v) is 5.25. The Morgan fingerprint density at radius 3 is 2.30 bits per heavy atom. The van der Waals surface area contributed by atoms with Gasteiger partial charge in [-0.1, -0.05) is 0 Å². The largest absolute Gasteiger partial charge is 0.406 e. The van der Waals surface area contributed by atoms with Crippen molar-refractivity contribution in [2.24, 2.45) is 0 Å². The molecule has 0 unspecified atom stereocenters. The molecular formula is C12H19F3N2O3. The molecule has 2 aliphatic rings. The van der Waals surface area contributed by atoms with Crippen molar-refractivity contribution < 1.29 is 27.4 Å². The average molecular weight is 296 g/mol. The molecule has 2 aliphatic heterocycles. The van der Waals surface area contributed by atoms with E-state index in [0.717, 1.165) is 0 Å². The van der Waals surface area contributed by atoms with Crippen LogP contribution in [0.2, 0.25) is 0 Å². The van der Waals surface area contributed by atoms with Crippen molar-refractivity contribution in [2.45, 2.75) is 24.8 Å². The summed E-state index contributed by atoms with van der Waals surface area (Å²) in [7, 11) is 1.17. The van der Waals surface area contributed by atoms with Crippen LogP contribution < -0.4 is 0 Å². The summed E-state index contributed by atoms with van der Waals surface area (Å²) in [6.07, 6.45) is -3.07. The van der Waals surface area contributed by atoms with Crippen LogP contribution in [-0.4, -0.2) is 74.1 Å². The van der Waals surface area contributed by atoms with Crippen LogP contribution in [0.4, 0.5) is 13.2 Å². The van der Waals surface area contributed by atoms with Crippen LogP contribution in [0.3, 0.4) is 0 Å². The number of hydrogen-bond donors (Lipinski definition) is 0. The van der Waals surface area contributed by atoms with Crippen LogP contribution in [0.1, 0.15) is 12.8 Å². The van der Waals surface area contributed by atoms with Gasteiger partial charge in [0.05, 0.1) is 19.8 Å². The fourth-order valence-corrected chi connectivity index (χ4v) is 2.51. The lowest BCUT2D eigenvalue weighted by atomic mass is 10.0. The van der Waals surface area contributed by atoms with E-state index >= 15 is 0 Å². The molecule has 1 amide bonds. The molecule has 0 aliphatic carbocycles. The number of ether oxygens (including phenoxy) is 2. The number of nitrogens with zero attached hydrogens (tertiary/aromatic N) is 2. The maximum absolute atomic E-state index is 12.2. The molecule has 0 radical (unpaired) electrons. The van der Waals surface area contributed by atoms with Crippen molar-refractivity contribution in [1.82, 2.24) is 9.80 Å². The van der Waals surface area contributed by atoms with Crippen molar-refractivity contribution >= 4 is 5.91 Å². The maximum atomic E-state index is 12.2. The van der Waals surface area contributed by atoms with Crippen molar-refractivity contribution in [3.63, 3.8) is 0 Å². The third-order valence-electron chi connectivity index (χ3n) is 3.63. The molecule has 0 aromatic heterocycles. The summed E-state index contributed by atoms with van der Waals surface area (Å²) < 4.78 is 47.7. The second kappa shape index (κ2) is 5.87. The van der Waals surface area contributed by atoms with Gasteiger partial charge in [-0.05, 0) is 0 Å². The number of likely N-dealkylation sites (tertiary alicyclic amines) is 1. The van der Waals surface area contributed by atoms with Gasteiger partial charge in [-0.3, -0.25) is 9.69 Å². The summed E-state index contributed by atoms with van der Waals surface area (Å²) in [5.41, 5.74) is 0. The first-order valence-electron chi connectivity index (χ1n) is 6.61. The lowest BCUT2D eigenvalue weighted by molar-refractivity contribution is -0.186. The molecule has 20 heavy (non-hydrogen) atoms. The molecule has 0 N–H and O–H groups in total. The molecule has 8 heteroatoms. The molecule has 0 bridgehead atoms. The first-order valence-corrected chi connectivity index (χ1v) is 6.61. The summed E-state index contributed by atoms with van der Waals surface area (Å²) in [4.78, 5) is 14.3. The van der Waals surface area contributed by atoms with E-state index in [0.29, 0.717) is 44.0 Å². The van der Waals surface area contributed by atoms with Gasteiger partial charge >= 0.3 is 6.18 Å². The van der Waals surface area contributed by atoms with E-state index in [1.807, 2.05) is 4.90 Å². The van der Waals surface area contributed by atoms with Crippen molar-refractivity contribution in [3.05, 3.63) is 0 Å². The summed E-state index contributed by atoms with van der Waals surface area (Å²) in [5, 5.41) is 0. The van der Waals surface area contributed by atoms with E-state index in [1.165, 1.54) is 7.05 Å². The highest BCUT2D eigenvalue weighted by molar-refractivity contribution is 5.78. The highest BCUT2D eigenvalue weighted by Crippen LogP contribution is 2.31. The second-order valence-electron chi connectivity index (χ2n) is 5.25. The lowest BCUT2D eigenvalue weighted by Gasteiger charge is -2.37. The van der Waals surface area contributed by atoms with Crippen LogP contribution >= 0.6 is 0 Å². The standard InChI is InChI=1S/C12H19F3N2O3/c1-16(9-12(13,14)15)10(18)8-17-4-2-11(3-5-17)19-6-7-20-11/h2-9H2,1H3. The summed E-state index contributed by atoms with van der Waals surface area (Å²) >= 11 is 0. The summed E-state index contributed by atoms with van der Waals surface area (Å²) in [5.74, 6) is -1.05. The monoisotopic (exact) mass is 296 g/mol. The zero-order chi connectivity index (χ0) is 14.8. The Hall–Kier alpha value is -0.860. The molecule has 0 atom stereocenters. The highest BCUT2D eigenvalue weighted by Gasteiger charge is 2.40. The van der Waals surface area contributed by atoms with E-state index in [9.17, 15) is 18.0 Å². The Balaban J connectivity index is 1.76. The molecule has 0 aromatic carbocycles. The number of carbonyl (C=O) groups excluding carboxylic acids is 1. The zero-order valence-corrected chi connectivity index (χ0v) is 11.4. The van der Waals surface area contributed by atoms with Gasteiger partial charge in [0.1, 0.15) is 6.54 Å². The number of rotatable bonds is 3. The smallest absolute Gasteiger partial charge is 0.347 e. The Kier molecular flexibility index (Phi) is 4.55. The summed E-state index contributed by atoms with van der Waals surface area (Å²) in [6.45, 7) is 1.12. The number of hydrogen-bond acceptors (Lipinski definition) is 4. The minimum atomic E-state index is -4.36. The zero-order valence-electron chi connectivity index (χ0n) is 11.4. The van der Waals surface area contributed by atoms with Gasteiger partial charge < -0.3 is 14.4 Å². The fourth-order valence-electron chi connectivity index (χ4n) is 2.51. The van der Waals surface area contributed by atoms with Crippen LogP contribution in [0.25, 0.3) is 0 Å². The number of halogens is 3.